The van der Waals surface area contributed by atoms with Crippen molar-refractivity contribution >= 4 is 17.9 Å². The molecule has 2 atom stereocenters. The zero-order chi connectivity index (χ0) is 26.7. The van der Waals surface area contributed by atoms with Crippen molar-refractivity contribution in [1.82, 2.24) is 15.5 Å². The van der Waals surface area contributed by atoms with Gasteiger partial charge in [-0.05, 0) is 86.1 Å². The van der Waals surface area contributed by atoms with E-state index < -0.39 is 29.3 Å². The molecule has 2 unspecified atom stereocenters. The summed E-state index contributed by atoms with van der Waals surface area (Å²) < 4.78 is 5.44. The van der Waals surface area contributed by atoms with Crippen molar-refractivity contribution < 1.29 is 19.1 Å². The van der Waals surface area contributed by atoms with Gasteiger partial charge in [0.25, 0.3) is 0 Å². The minimum atomic E-state index is -0.818. The molecule has 1 aromatic carbocycles. The Hall–Kier alpha value is -2.57. The van der Waals surface area contributed by atoms with Gasteiger partial charge in [0.2, 0.25) is 11.8 Å². The van der Waals surface area contributed by atoms with Crippen LogP contribution in [0, 0.1) is 19.8 Å². The van der Waals surface area contributed by atoms with Crippen LogP contribution in [0.3, 0.4) is 0 Å². The molecule has 2 rings (SSSR count). The molecule has 0 bridgehead atoms. The molecule has 1 fully saturated rings. The molecule has 0 saturated heterocycles. The van der Waals surface area contributed by atoms with E-state index in [1.807, 2.05) is 60.6 Å². The summed E-state index contributed by atoms with van der Waals surface area (Å²) in [7, 11) is 0. The summed E-state index contributed by atoms with van der Waals surface area (Å²) in [6.07, 6.45) is 2.01. The van der Waals surface area contributed by atoms with Gasteiger partial charge in [0.15, 0.2) is 0 Å². The zero-order valence-corrected chi connectivity index (χ0v) is 23.2. The second-order valence-corrected chi connectivity index (χ2v) is 12.3. The molecule has 7 heteroatoms. The molecule has 0 spiro atoms. The first kappa shape index (κ1) is 28.7. The minimum Gasteiger partial charge on any atom is -0.444 e. The van der Waals surface area contributed by atoms with Gasteiger partial charge < -0.3 is 20.3 Å². The first-order valence-electron chi connectivity index (χ1n) is 12.7. The van der Waals surface area contributed by atoms with Gasteiger partial charge in [-0.1, -0.05) is 43.2 Å². The normalized spacial score (nSPS) is 16.2. The van der Waals surface area contributed by atoms with Crippen molar-refractivity contribution in [3.8, 4) is 0 Å². The molecule has 196 valence electrons. The maximum absolute atomic E-state index is 14.2. The van der Waals surface area contributed by atoms with E-state index in [1.165, 1.54) is 0 Å². The molecule has 35 heavy (non-hydrogen) atoms. The Balaban J connectivity index is 2.54. The molecule has 2 N–H and O–H groups in total. The van der Waals surface area contributed by atoms with Gasteiger partial charge in [-0.2, -0.15) is 0 Å². The number of ether oxygens (including phenoxy) is 1. The molecule has 1 aliphatic carbocycles. The fraction of sp³-hybridized carbons (Fsp3) is 0.679. The number of aryl methyl sites for hydroxylation is 2. The van der Waals surface area contributed by atoms with E-state index in [2.05, 4.69) is 16.7 Å². The van der Waals surface area contributed by atoms with E-state index >= 15 is 0 Å². The Morgan fingerprint density at radius 3 is 1.91 bits per heavy atom. The second-order valence-electron chi connectivity index (χ2n) is 12.3. The van der Waals surface area contributed by atoms with E-state index in [0.29, 0.717) is 0 Å². The summed E-state index contributed by atoms with van der Waals surface area (Å²) in [5, 5.41) is 5.88. The number of nitrogens with one attached hydrogen (secondary N) is 2. The first-order chi connectivity index (χ1) is 16.0. The van der Waals surface area contributed by atoms with Crippen LogP contribution in [0.2, 0.25) is 0 Å². The Morgan fingerprint density at radius 1 is 0.971 bits per heavy atom. The molecular weight excluding hydrogens is 442 g/mol. The molecule has 1 aromatic rings. The lowest BCUT2D eigenvalue weighted by atomic mass is 9.86. The highest BCUT2D eigenvalue weighted by molar-refractivity contribution is 5.93. The summed E-state index contributed by atoms with van der Waals surface area (Å²) >= 11 is 0. The number of rotatable bonds is 7. The van der Waals surface area contributed by atoms with Crippen LogP contribution in [-0.2, 0) is 14.3 Å². The van der Waals surface area contributed by atoms with Gasteiger partial charge in [0.05, 0.1) is 0 Å². The maximum Gasteiger partial charge on any atom is 0.408 e. The lowest BCUT2D eigenvalue weighted by molar-refractivity contribution is -0.148. The highest BCUT2D eigenvalue weighted by atomic mass is 16.6. The van der Waals surface area contributed by atoms with Gasteiger partial charge in [0.1, 0.15) is 17.7 Å². The third kappa shape index (κ3) is 8.25. The Morgan fingerprint density at radius 2 is 1.51 bits per heavy atom. The lowest BCUT2D eigenvalue weighted by Gasteiger charge is -2.44. The highest BCUT2D eigenvalue weighted by Crippen LogP contribution is 2.35. The van der Waals surface area contributed by atoms with Crippen LogP contribution >= 0.6 is 0 Å². The number of carbonyl (C=O) groups is 3. The Labute approximate surface area is 211 Å². The van der Waals surface area contributed by atoms with Gasteiger partial charge in [-0.25, -0.2) is 4.79 Å². The predicted molar refractivity (Wildman–Crippen MR) is 139 cm³/mol. The van der Waals surface area contributed by atoms with Crippen molar-refractivity contribution in [2.45, 2.75) is 118 Å². The molecule has 0 radical (unpaired) electrons. The summed E-state index contributed by atoms with van der Waals surface area (Å²) in [4.78, 5) is 42.3. The van der Waals surface area contributed by atoms with Crippen molar-refractivity contribution in [2.24, 2.45) is 5.92 Å². The monoisotopic (exact) mass is 487 g/mol. The molecule has 0 aromatic heterocycles. The topological polar surface area (TPSA) is 87.7 Å². The quantitative estimate of drug-likeness (QED) is 0.554. The second kappa shape index (κ2) is 11.0. The van der Waals surface area contributed by atoms with Crippen LogP contribution in [0.4, 0.5) is 4.79 Å². The molecule has 1 aliphatic rings. The predicted octanol–water partition coefficient (Wildman–Crippen LogP) is 5.19. The maximum atomic E-state index is 14.2. The molecule has 1 saturated carbocycles. The number of alkyl carbamates (subject to hydrolysis) is 1. The van der Waals surface area contributed by atoms with Crippen molar-refractivity contribution in [1.29, 1.82) is 0 Å². The van der Waals surface area contributed by atoms with Crippen molar-refractivity contribution in [2.75, 3.05) is 0 Å². The lowest BCUT2D eigenvalue weighted by Crippen LogP contribution is -2.59. The minimum absolute atomic E-state index is 0.0688. The SMILES string of the molecule is Cc1cc(C)cc(C(C(=O)NC(C)(C)C)N(C(=O)C(NC(=O)OC(C)(C)C)C(C)C)C2CCC2)c1. The number of amides is 3. The van der Waals surface area contributed by atoms with E-state index in [4.69, 9.17) is 4.74 Å². The summed E-state index contributed by atoms with van der Waals surface area (Å²) in [6.45, 7) is 18.9. The highest BCUT2D eigenvalue weighted by Gasteiger charge is 2.43. The largest absolute Gasteiger partial charge is 0.444 e. The molecule has 0 heterocycles. The average molecular weight is 488 g/mol. The Kier molecular flexibility index (Phi) is 9.01. The fourth-order valence-electron chi connectivity index (χ4n) is 4.34. The summed E-state index contributed by atoms with van der Waals surface area (Å²) in [5.74, 6) is -0.672. The summed E-state index contributed by atoms with van der Waals surface area (Å²) in [6, 6.07) is 4.32. The van der Waals surface area contributed by atoms with E-state index in [1.54, 1.807) is 25.7 Å². The van der Waals surface area contributed by atoms with Crippen LogP contribution < -0.4 is 10.6 Å². The van der Waals surface area contributed by atoms with Gasteiger partial charge in [-0.3, -0.25) is 9.59 Å². The fourth-order valence-corrected chi connectivity index (χ4v) is 4.34. The van der Waals surface area contributed by atoms with E-state index in [0.717, 1.165) is 36.0 Å². The number of carbonyl (C=O) groups excluding carboxylic acids is 3. The van der Waals surface area contributed by atoms with E-state index in [-0.39, 0.29) is 23.8 Å². The van der Waals surface area contributed by atoms with Crippen LogP contribution in [0.15, 0.2) is 18.2 Å². The van der Waals surface area contributed by atoms with Crippen LogP contribution in [0.5, 0.6) is 0 Å². The third-order valence-electron chi connectivity index (χ3n) is 5.91. The molecule has 3 amide bonds. The number of benzene rings is 1. The van der Waals surface area contributed by atoms with Crippen LogP contribution in [0.25, 0.3) is 0 Å². The van der Waals surface area contributed by atoms with Crippen molar-refractivity contribution in [3.05, 3.63) is 34.9 Å². The third-order valence-corrected chi connectivity index (χ3v) is 5.91. The van der Waals surface area contributed by atoms with Gasteiger partial charge in [-0.15, -0.1) is 0 Å². The van der Waals surface area contributed by atoms with E-state index in [9.17, 15) is 14.4 Å². The molecule has 0 aliphatic heterocycles. The molecule has 7 nitrogen and oxygen atoms in total. The summed E-state index contributed by atoms with van der Waals surface area (Å²) in [5.41, 5.74) is 1.69. The van der Waals surface area contributed by atoms with Crippen molar-refractivity contribution in [3.63, 3.8) is 0 Å². The number of nitrogens with zero attached hydrogens (tertiary/aromatic N) is 1. The number of hydrogen-bond acceptors (Lipinski definition) is 4. The van der Waals surface area contributed by atoms with Crippen LogP contribution in [0.1, 0.15) is 97.4 Å². The average Bonchev–Trinajstić information content (AvgIpc) is 2.59. The number of hydrogen-bond donors (Lipinski definition) is 2. The zero-order valence-electron chi connectivity index (χ0n) is 23.2. The van der Waals surface area contributed by atoms with Gasteiger partial charge in [0, 0.05) is 11.6 Å². The molecular formula is C28H45N3O4. The Bertz CT molecular complexity index is 903. The standard InChI is InChI=1S/C28H45N3O4/c1-17(2)22(29-26(34)35-28(8,9)10)25(33)31(21-12-11-13-21)23(24(32)30-27(5,6)7)20-15-18(3)14-19(4)16-20/h14-17,21-23H,11-13H2,1-10H3,(H,29,34)(H,30,32). The smallest absolute Gasteiger partial charge is 0.408 e. The first-order valence-corrected chi connectivity index (χ1v) is 12.7. The van der Waals surface area contributed by atoms with Crippen LogP contribution in [-0.4, -0.2) is 46.0 Å². The van der Waals surface area contributed by atoms with Gasteiger partial charge >= 0.3 is 6.09 Å².